The van der Waals surface area contributed by atoms with Crippen LogP contribution in [0, 0.1) is 0 Å². The van der Waals surface area contributed by atoms with Crippen molar-refractivity contribution in [3.63, 3.8) is 0 Å². The highest BCUT2D eigenvalue weighted by atomic mass is 16.5. The highest BCUT2D eigenvalue weighted by molar-refractivity contribution is 5.81. The van der Waals surface area contributed by atoms with E-state index in [4.69, 9.17) is 9.47 Å². The maximum atomic E-state index is 11.8. The Morgan fingerprint density at radius 3 is 2.74 bits per heavy atom. The van der Waals surface area contributed by atoms with Crippen LogP contribution in [0.25, 0.3) is 0 Å². The Morgan fingerprint density at radius 2 is 2.11 bits per heavy atom. The molecular formula is C15H21NO3. The van der Waals surface area contributed by atoms with Crippen LogP contribution in [0.5, 0.6) is 5.75 Å². The van der Waals surface area contributed by atoms with Gasteiger partial charge in [0.2, 0.25) is 5.91 Å². The van der Waals surface area contributed by atoms with Crippen LogP contribution < -0.4 is 10.1 Å². The maximum absolute atomic E-state index is 11.8. The normalized spacial score (nSPS) is 18.1. The molecule has 0 saturated carbocycles. The van der Waals surface area contributed by atoms with Gasteiger partial charge in [0, 0.05) is 5.56 Å². The van der Waals surface area contributed by atoms with Crippen LogP contribution in [0.4, 0.5) is 0 Å². The second-order valence-corrected chi connectivity index (χ2v) is 4.76. The molecule has 1 amide bonds. The molecule has 1 unspecified atom stereocenters. The van der Waals surface area contributed by atoms with E-state index in [-0.39, 0.29) is 18.2 Å². The van der Waals surface area contributed by atoms with Crippen molar-refractivity contribution in [2.24, 2.45) is 0 Å². The molecule has 0 aromatic heterocycles. The Labute approximate surface area is 114 Å². The van der Waals surface area contributed by atoms with Crippen molar-refractivity contribution in [1.82, 2.24) is 5.32 Å². The average molecular weight is 263 g/mol. The molecule has 0 bridgehead atoms. The first-order valence-electron chi connectivity index (χ1n) is 6.79. The van der Waals surface area contributed by atoms with E-state index in [1.165, 1.54) is 0 Å². The molecule has 0 fully saturated rings. The number of amides is 1. The smallest absolute Gasteiger partial charge is 0.226 e. The predicted molar refractivity (Wildman–Crippen MR) is 73.0 cm³/mol. The van der Waals surface area contributed by atoms with Crippen LogP contribution in [0.15, 0.2) is 18.2 Å². The molecule has 0 spiro atoms. The predicted octanol–water partition coefficient (Wildman–Crippen LogP) is 2.57. The molecule has 0 aliphatic carbocycles. The molecule has 2 rings (SSSR count). The largest absolute Gasteiger partial charge is 0.497 e. The van der Waals surface area contributed by atoms with Gasteiger partial charge in [-0.15, -0.1) is 0 Å². The molecule has 4 nitrogen and oxygen atoms in total. The molecule has 19 heavy (non-hydrogen) atoms. The molecule has 4 heteroatoms. The highest BCUT2D eigenvalue weighted by Crippen LogP contribution is 2.29. The van der Waals surface area contributed by atoms with Crippen LogP contribution in [0.3, 0.4) is 0 Å². The van der Waals surface area contributed by atoms with Gasteiger partial charge < -0.3 is 14.8 Å². The Morgan fingerprint density at radius 1 is 1.37 bits per heavy atom. The summed E-state index contributed by atoms with van der Waals surface area (Å²) in [6.45, 7) is 4.18. The summed E-state index contributed by atoms with van der Waals surface area (Å²) in [5, 5.41) is 2.91. The highest BCUT2D eigenvalue weighted by Gasteiger charge is 2.26. The summed E-state index contributed by atoms with van der Waals surface area (Å²) < 4.78 is 11.2. The third-order valence-electron chi connectivity index (χ3n) is 3.51. The molecule has 1 aliphatic rings. The van der Waals surface area contributed by atoms with Crippen molar-refractivity contribution >= 4 is 5.91 Å². The van der Waals surface area contributed by atoms with Gasteiger partial charge in [-0.3, -0.25) is 4.79 Å². The molecule has 1 atom stereocenters. The number of carbonyl (C=O) groups is 1. The van der Waals surface area contributed by atoms with Gasteiger partial charge in [-0.25, -0.2) is 0 Å². The van der Waals surface area contributed by atoms with Crippen LogP contribution in [0.1, 0.15) is 44.0 Å². The van der Waals surface area contributed by atoms with Crippen molar-refractivity contribution in [2.75, 3.05) is 7.11 Å². The number of fused-ring (bicyclic) bond motifs is 1. The Hall–Kier alpha value is -1.55. The second-order valence-electron chi connectivity index (χ2n) is 4.76. The first kappa shape index (κ1) is 13.9. The van der Waals surface area contributed by atoms with Gasteiger partial charge in [0.05, 0.1) is 19.6 Å². The van der Waals surface area contributed by atoms with E-state index in [9.17, 15) is 4.79 Å². The number of hydrogen-bond acceptors (Lipinski definition) is 3. The van der Waals surface area contributed by atoms with Gasteiger partial charge in [0.25, 0.3) is 0 Å². The quantitative estimate of drug-likeness (QED) is 0.888. The number of benzene rings is 1. The summed E-state index contributed by atoms with van der Waals surface area (Å²) in [6, 6.07) is 5.79. The van der Waals surface area contributed by atoms with Crippen LogP contribution in [-0.2, 0) is 16.0 Å². The molecule has 1 aliphatic heterocycles. The fourth-order valence-electron chi connectivity index (χ4n) is 2.35. The van der Waals surface area contributed by atoms with Crippen LogP contribution in [-0.4, -0.2) is 19.1 Å². The lowest BCUT2D eigenvalue weighted by Crippen LogP contribution is -2.38. The number of rotatable bonds is 5. The van der Waals surface area contributed by atoms with E-state index in [1.54, 1.807) is 7.11 Å². The van der Waals surface area contributed by atoms with Crippen molar-refractivity contribution < 1.29 is 14.3 Å². The zero-order valence-electron chi connectivity index (χ0n) is 11.7. The van der Waals surface area contributed by atoms with E-state index in [0.717, 1.165) is 29.7 Å². The molecule has 0 radical (unpaired) electrons. The minimum absolute atomic E-state index is 0.00305. The van der Waals surface area contributed by atoms with Crippen LogP contribution in [0.2, 0.25) is 0 Å². The molecular weight excluding hydrogens is 242 g/mol. The lowest BCUT2D eigenvalue weighted by Gasteiger charge is -2.30. The van der Waals surface area contributed by atoms with E-state index in [2.05, 4.69) is 19.2 Å². The molecule has 104 valence electrons. The van der Waals surface area contributed by atoms with Crippen molar-refractivity contribution in [3.05, 3.63) is 29.3 Å². The summed E-state index contributed by atoms with van der Waals surface area (Å²) in [5.74, 6) is 0.770. The zero-order valence-corrected chi connectivity index (χ0v) is 11.7. The fourth-order valence-corrected chi connectivity index (χ4v) is 2.35. The SMILES string of the molecule is CCC(CC)OC1NC(=O)Cc2cc(OC)ccc21. The lowest BCUT2D eigenvalue weighted by atomic mass is 9.98. The Bertz CT molecular complexity index is 455. The van der Waals surface area contributed by atoms with Gasteiger partial charge in [-0.2, -0.15) is 0 Å². The molecule has 1 aromatic rings. The zero-order chi connectivity index (χ0) is 13.8. The summed E-state index contributed by atoms with van der Waals surface area (Å²) in [5.41, 5.74) is 2.02. The second kappa shape index (κ2) is 6.06. The molecule has 1 heterocycles. The van der Waals surface area contributed by atoms with Gasteiger partial charge in [0.15, 0.2) is 6.23 Å². The van der Waals surface area contributed by atoms with Gasteiger partial charge in [0.1, 0.15) is 5.75 Å². The summed E-state index contributed by atoms with van der Waals surface area (Å²) in [7, 11) is 1.63. The number of nitrogens with one attached hydrogen (secondary N) is 1. The van der Waals surface area contributed by atoms with Gasteiger partial charge >= 0.3 is 0 Å². The van der Waals surface area contributed by atoms with Gasteiger partial charge in [-0.1, -0.05) is 19.9 Å². The monoisotopic (exact) mass is 263 g/mol. The van der Waals surface area contributed by atoms with Crippen LogP contribution >= 0.6 is 0 Å². The number of ether oxygens (including phenoxy) is 2. The standard InChI is InChI=1S/C15H21NO3/c1-4-11(5-2)19-15-13-7-6-12(18-3)8-10(13)9-14(17)16-15/h6-8,11,15H,4-5,9H2,1-3H3,(H,16,17). The van der Waals surface area contributed by atoms with E-state index in [1.807, 2.05) is 18.2 Å². The summed E-state index contributed by atoms with van der Waals surface area (Å²) in [6.07, 6.45) is 2.09. The minimum atomic E-state index is -0.341. The van der Waals surface area contributed by atoms with Crippen molar-refractivity contribution in [1.29, 1.82) is 0 Å². The number of carbonyl (C=O) groups excluding carboxylic acids is 1. The number of hydrogen-bond donors (Lipinski definition) is 1. The third-order valence-corrected chi connectivity index (χ3v) is 3.51. The molecule has 0 saturated heterocycles. The fraction of sp³-hybridized carbons (Fsp3) is 0.533. The first-order valence-corrected chi connectivity index (χ1v) is 6.79. The average Bonchev–Trinajstić information content (AvgIpc) is 2.43. The molecule has 1 N–H and O–H groups in total. The Balaban J connectivity index is 2.25. The lowest BCUT2D eigenvalue weighted by molar-refractivity contribution is -0.129. The maximum Gasteiger partial charge on any atom is 0.226 e. The minimum Gasteiger partial charge on any atom is -0.497 e. The van der Waals surface area contributed by atoms with Gasteiger partial charge in [-0.05, 0) is 30.5 Å². The third kappa shape index (κ3) is 3.07. The van der Waals surface area contributed by atoms with Crippen molar-refractivity contribution in [3.8, 4) is 5.75 Å². The summed E-state index contributed by atoms with van der Waals surface area (Å²) in [4.78, 5) is 11.8. The van der Waals surface area contributed by atoms with Crippen molar-refractivity contribution in [2.45, 2.75) is 45.4 Å². The molecule has 1 aromatic carbocycles. The van der Waals surface area contributed by atoms with E-state index < -0.39 is 0 Å². The Kier molecular flexibility index (Phi) is 4.43. The first-order chi connectivity index (χ1) is 9.17. The topological polar surface area (TPSA) is 47.6 Å². The summed E-state index contributed by atoms with van der Waals surface area (Å²) >= 11 is 0. The number of methoxy groups -OCH3 is 1. The van der Waals surface area contributed by atoms with E-state index >= 15 is 0 Å². The van der Waals surface area contributed by atoms with E-state index in [0.29, 0.717) is 6.42 Å².